The van der Waals surface area contributed by atoms with Crippen LogP contribution in [0.25, 0.3) is 0 Å². The molecule has 0 aromatic heterocycles. The van der Waals surface area contributed by atoms with Crippen LogP contribution in [-0.4, -0.2) is 18.7 Å². The van der Waals surface area contributed by atoms with Gasteiger partial charge < -0.3 is 10.1 Å². The highest BCUT2D eigenvalue weighted by molar-refractivity contribution is 5.25. The van der Waals surface area contributed by atoms with Gasteiger partial charge in [-0.05, 0) is 32.5 Å². The highest BCUT2D eigenvalue weighted by Gasteiger charge is 2.16. The maximum absolute atomic E-state index is 13.3. The zero-order valence-corrected chi connectivity index (χ0v) is 9.76. The lowest BCUT2D eigenvalue weighted by Crippen LogP contribution is -2.38. The normalized spacial score (nSPS) is 14.6. The van der Waals surface area contributed by atoms with Crippen LogP contribution in [0.4, 0.5) is 8.78 Å². The van der Waals surface area contributed by atoms with Crippen molar-refractivity contribution < 1.29 is 13.5 Å². The van der Waals surface area contributed by atoms with Gasteiger partial charge in [0, 0.05) is 6.04 Å². The minimum Gasteiger partial charge on any atom is -0.486 e. The monoisotopic (exact) mass is 229 g/mol. The molecule has 0 aliphatic carbocycles. The van der Waals surface area contributed by atoms with E-state index in [-0.39, 0.29) is 17.9 Å². The average Bonchev–Trinajstić information content (AvgIpc) is 2.25. The Balaban J connectivity index is 2.69. The molecule has 0 aliphatic heterocycles. The summed E-state index contributed by atoms with van der Waals surface area (Å²) in [6.45, 7) is 6.54. The summed E-state index contributed by atoms with van der Waals surface area (Å²) in [7, 11) is 0. The summed E-state index contributed by atoms with van der Waals surface area (Å²) in [4.78, 5) is 0. The second-order valence-electron chi connectivity index (χ2n) is 3.72. The summed E-state index contributed by atoms with van der Waals surface area (Å²) < 4.78 is 31.6. The predicted octanol–water partition coefficient (Wildman–Crippen LogP) is 2.73. The Morgan fingerprint density at radius 2 is 2.00 bits per heavy atom. The lowest BCUT2D eigenvalue weighted by Gasteiger charge is -2.22. The molecular formula is C12H17F2NO. The van der Waals surface area contributed by atoms with Crippen molar-refractivity contribution >= 4 is 0 Å². The van der Waals surface area contributed by atoms with E-state index in [1.54, 1.807) is 0 Å². The van der Waals surface area contributed by atoms with Crippen LogP contribution in [0.5, 0.6) is 5.75 Å². The first-order valence-electron chi connectivity index (χ1n) is 5.40. The van der Waals surface area contributed by atoms with Crippen LogP contribution < -0.4 is 10.1 Å². The molecule has 2 unspecified atom stereocenters. The molecule has 2 nitrogen and oxygen atoms in total. The first kappa shape index (κ1) is 12.9. The molecule has 2 atom stereocenters. The Hall–Kier alpha value is -1.16. The average molecular weight is 229 g/mol. The van der Waals surface area contributed by atoms with Gasteiger partial charge in [-0.25, -0.2) is 4.39 Å². The molecule has 0 amide bonds. The fraction of sp³-hybridized carbons (Fsp3) is 0.500. The highest BCUT2D eigenvalue weighted by Crippen LogP contribution is 2.20. The molecule has 90 valence electrons. The van der Waals surface area contributed by atoms with Crippen LogP contribution in [-0.2, 0) is 0 Å². The molecule has 0 bridgehead atoms. The van der Waals surface area contributed by atoms with Crippen molar-refractivity contribution in [2.45, 2.75) is 32.9 Å². The molecule has 0 aliphatic rings. The molecule has 16 heavy (non-hydrogen) atoms. The Bertz CT molecular complexity index is 344. The van der Waals surface area contributed by atoms with Crippen LogP contribution in [0.2, 0.25) is 0 Å². The van der Waals surface area contributed by atoms with Gasteiger partial charge in [0.05, 0.1) is 0 Å². The summed E-state index contributed by atoms with van der Waals surface area (Å²) in [6.07, 6.45) is -0.226. The predicted molar refractivity (Wildman–Crippen MR) is 59.6 cm³/mol. The smallest absolute Gasteiger partial charge is 0.200 e. The topological polar surface area (TPSA) is 21.3 Å². The lowest BCUT2D eigenvalue weighted by atomic mass is 10.2. The van der Waals surface area contributed by atoms with Crippen molar-refractivity contribution in [3.8, 4) is 5.75 Å². The van der Waals surface area contributed by atoms with Gasteiger partial charge in [-0.2, -0.15) is 4.39 Å². The highest BCUT2D eigenvalue weighted by atomic mass is 19.2. The number of nitrogens with one attached hydrogen (secondary N) is 1. The van der Waals surface area contributed by atoms with Crippen molar-refractivity contribution in [3.05, 3.63) is 29.8 Å². The Morgan fingerprint density at radius 3 is 2.62 bits per heavy atom. The minimum atomic E-state index is -0.932. The van der Waals surface area contributed by atoms with E-state index in [1.165, 1.54) is 12.1 Å². The van der Waals surface area contributed by atoms with Crippen molar-refractivity contribution in [2.75, 3.05) is 6.54 Å². The number of hydrogen-bond acceptors (Lipinski definition) is 2. The van der Waals surface area contributed by atoms with Crippen molar-refractivity contribution in [2.24, 2.45) is 0 Å². The molecule has 0 saturated heterocycles. The van der Waals surface area contributed by atoms with Gasteiger partial charge in [0.1, 0.15) is 6.10 Å². The van der Waals surface area contributed by atoms with E-state index in [2.05, 4.69) is 5.32 Å². The van der Waals surface area contributed by atoms with Gasteiger partial charge in [-0.3, -0.25) is 0 Å². The van der Waals surface area contributed by atoms with Crippen molar-refractivity contribution in [3.63, 3.8) is 0 Å². The van der Waals surface area contributed by atoms with Gasteiger partial charge in [0.25, 0.3) is 0 Å². The Kier molecular flexibility index (Phi) is 4.68. The Labute approximate surface area is 94.6 Å². The van der Waals surface area contributed by atoms with E-state index in [0.717, 1.165) is 12.6 Å². The largest absolute Gasteiger partial charge is 0.486 e. The molecule has 0 saturated carbocycles. The molecule has 0 fully saturated rings. The number of likely N-dealkylation sites (N-methyl/N-ethyl adjacent to an activating group) is 1. The molecule has 1 aromatic carbocycles. The summed E-state index contributed by atoms with van der Waals surface area (Å²) in [6, 6.07) is 4.00. The molecule has 0 heterocycles. The second-order valence-corrected chi connectivity index (χ2v) is 3.72. The molecule has 4 heteroatoms. The Morgan fingerprint density at radius 1 is 1.31 bits per heavy atom. The molecule has 0 spiro atoms. The number of halogens is 2. The van der Waals surface area contributed by atoms with Crippen LogP contribution in [0.3, 0.4) is 0 Å². The third-order valence-corrected chi connectivity index (χ3v) is 2.46. The van der Waals surface area contributed by atoms with Crippen LogP contribution in [0.15, 0.2) is 18.2 Å². The van der Waals surface area contributed by atoms with Crippen LogP contribution in [0, 0.1) is 11.6 Å². The third-order valence-electron chi connectivity index (χ3n) is 2.46. The van der Waals surface area contributed by atoms with Crippen molar-refractivity contribution in [1.82, 2.24) is 5.32 Å². The zero-order valence-electron chi connectivity index (χ0n) is 9.76. The first-order valence-corrected chi connectivity index (χ1v) is 5.40. The number of benzene rings is 1. The van der Waals surface area contributed by atoms with E-state index in [0.29, 0.717) is 0 Å². The molecular weight excluding hydrogens is 212 g/mol. The van der Waals surface area contributed by atoms with Gasteiger partial charge in [-0.15, -0.1) is 0 Å². The summed E-state index contributed by atoms with van der Waals surface area (Å²) in [5.74, 6) is -1.86. The van der Waals surface area contributed by atoms with Gasteiger partial charge in [0.2, 0.25) is 5.82 Å². The number of ether oxygens (including phenoxy) is 1. The van der Waals surface area contributed by atoms with Crippen molar-refractivity contribution in [1.29, 1.82) is 0 Å². The lowest BCUT2D eigenvalue weighted by molar-refractivity contribution is 0.170. The second kappa shape index (κ2) is 5.80. The molecule has 1 rings (SSSR count). The van der Waals surface area contributed by atoms with Crippen LogP contribution >= 0.6 is 0 Å². The van der Waals surface area contributed by atoms with E-state index in [4.69, 9.17) is 4.74 Å². The summed E-state index contributed by atoms with van der Waals surface area (Å²) in [5, 5.41) is 3.16. The quantitative estimate of drug-likeness (QED) is 0.838. The van der Waals surface area contributed by atoms with E-state index >= 15 is 0 Å². The SMILES string of the molecule is CCNC(C)C(C)Oc1cccc(F)c1F. The van der Waals surface area contributed by atoms with E-state index in [1.807, 2.05) is 20.8 Å². The fourth-order valence-corrected chi connectivity index (χ4v) is 1.37. The van der Waals surface area contributed by atoms with Crippen LogP contribution in [0.1, 0.15) is 20.8 Å². The summed E-state index contributed by atoms with van der Waals surface area (Å²) in [5.41, 5.74) is 0. The fourth-order valence-electron chi connectivity index (χ4n) is 1.37. The maximum atomic E-state index is 13.3. The minimum absolute atomic E-state index is 0.0442. The van der Waals surface area contributed by atoms with E-state index in [9.17, 15) is 8.78 Å². The van der Waals surface area contributed by atoms with E-state index < -0.39 is 11.6 Å². The first-order chi connectivity index (χ1) is 7.56. The zero-order chi connectivity index (χ0) is 12.1. The standard InChI is InChI=1S/C12H17F2NO/c1-4-15-8(2)9(3)16-11-7-5-6-10(13)12(11)14/h5-9,15H,4H2,1-3H3. The number of rotatable bonds is 5. The van der Waals surface area contributed by atoms with Gasteiger partial charge in [0.15, 0.2) is 11.6 Å². The third kappa shape index (κ3) is 3.17. The maximum Gasteiger partial charge on any atom is 0.200 e. The molecule has 0 radical (unpaired) electrons. The summed E-state index contributed by atoms with van der Waals surface area (Å²) >= 11 is 0. The number of hydrogen-bond donors (Lipinski definition) is 1. The van der Waals surface area contributed by atoms with Gasteiger partial charge in [-0.1, -0.05) is 13.0 Å². The molecule has 1 N–H and O–H groups in total. The molecule has 1 aromatic rings. The van der Waals surface area contributed by atoms with Gasteiger partial charge >= 0.3 is 0 Å².